The van der Waals surface area contributed by atoms with Gasteiger partial charge in [0, 0.05) is 6.54 Å². The Morgan fingerprint density at radius 1 is 1.40 bits per heavy atom. The van der Waals surface area contributed by atoms with Crippen LogP contribution >= 0.6 is 0 Å². The van der Waals surface area contributed by atoms with Crippen LogP contribution in [0.4, 0.5) is 4.39 Å². The summed E-state index contributed by atoms with van der Waals surface area (Å²) in [5.41, 5.74) is 0. The molecule has 15 heavy (non-hydrogen) atoms. The van der Waals surface area contributed by atoms with Crippen LogP contribution in [0.25, 0.3) is 0 Å². The molecule has 0 fully saturated rings. The van der Waals surface area contributed by atoms with Crippen LogP contribution in [0.2, 0.25) is 0 Å². The molecular weight excluding hydrogens is 193 g/mol. The van der Waals surface area contributed by atoms with E-state index in [4.69, 9.17) is 4.74 Å². The second kappa shape index (κ2) is 6.40. The van der Waals surface area contributed by atoms with E-state index in [9.17, 15) is 4.39 Å². The van der Waals surface area contributed by atoms with Crippen molar-refractivity contribution in [2.45, 2.75) is 26.4 Å². The summed E-state index contributed by atoms with van der Waals surface area (Å²) in [6.07, 6.45) is 1.07. The van der Waals surface area contributed by atoms with E-state index in [0.29, 0.717) is 5.75 Å². The maximum absolute atomic E-state index is 13.2. The van der Waals surface area contributed by atoms with Crippen molar-refractivity contribution in [1.29, 1.82) is 0 Å². The van der Waals surface area contributed by atoms with E-state index in [-0.39, 0.29) is 11.9 Å². The van der Waals surface area contributed by atoms with Crippen LogP contribution in [0.5, 0.6) is 5.75 Å². The predicted molar refractivity (Wildman–Crippen MR) is 59.7 cm³/mol. The van der Waals surface area contributed by atoms with E-state index in [1.54, 1.807) is 18.2 Å². The molecule has 1 unspecified atom stereocenters. The number of benzene rings is 1. The van der Waals surface area contributed by atoms with Gasteiger partial charge in [0.15, 0.2) is 11.6 Å². The topological polar surface area (TPSA) is 21.3 Å². The Morgan fingerprint density at radius 3 is 2.80 bits per heavy atom. The molecule has 0 heterocycles. The first-order valence-electron chi connectivity index (χ1n) is 5.36. The minimum absolute atomic E-state index is 0.0200. The Kier molecular flexibility index (Phi) is 5.12. The number of ether oxygens (including phenoxy) is 1. The number of halogens is 1. The lowest BCUT2D eigenvalue weighted by atomic mass is 10.3. The molecule has 1 aromatic rings. The molecule has 0 aromatic heterocycles. The van der Waals surface area contributed by atoms with Gasteiger partial charge in [0.1, 0.15) is 6.10 Å². The Bertz CT molecular complexity index is 291. The van der Waals surface area contributed by atoms with Gasteiger partial charge in [-0.3, -0.25) is 0 Å². The molecule has 2 nitrogen and oxygen atoms in total. The quantitative estimate of drug-likeness (QED) is 0.730. The van der Waals surface area contributed by atoms with Crippen LogP contribution in [0, 0.1) is 5.82 Å². The monoisotopic (exact) mass is 211 g/mol. The van der Waals surface area contributed by atoms with Gasteiger partial charge in [0.25, 0.3) is 0 Å². The lowest BCUT2D eigenvalue weighted by Crippen LogP contribution is -2.29. The van der Waals surface area contributed by atoms with E-state index < -0.39 is 0 Å². The molecule has 1 aromatic carbocycles. The first-order chi connectivity index (χ1) is 7.24. The minimum Gasteiger partial charge on any atom is -0.486 e. The van der Waals surface area contributed by atoms with Crippen molar-refractivity contribution < 1.29 is 9.13 Å². The number of hydrogen-bond acceptors (Lipinski definition) is 2. The first-order valence-corrected chi connectivity index (χ1v) is 5.36. The van der Waals surface area contributed by atoms with Crippen molar-refractivity contribution >= 4 is 0 Å². The molecule has 0 aliphatic carbocycles. The van der Waals surface area contributed by atoms with Crippen LogP contribution in [0.3, 0.4) is 0 Å². The van der Waals surface area contributed by atoms with E-state index in [1.165, 1.54) is 6.07 Å². The van der Waals surface area contributed by atoms with Crippen LogP contribution in [-0.4, -0.2) is 19.2 Å². The maximum atomic E-state index is 13.2. The van der Waals surface area contributed by atoms with Crippen LogP contribution in [-0.2, 0) is 0 Å². The van der Waals surface area contributed by atoms with Crippen molar-refractivity contribution in [1.82, 2.24) is 5.32 Å². The molecule has 1 rings (SSSR count). The van der Waals surface area contributed by atoms with Gasteiger partial charge in [-0.15, -0.1) is 0 Å². The van der Waals surface area contributed by atoms with Gasteiger partial charge in [0.2, 0.25) is 0 Å². The van der Waals surface area contributed by atoms with Crippen molar-refractivity contribution in [2.75, 3.05) is 13.1 Å². The Hall–Kier alpha value is -1.09. The molecule has 0 spiro atoms. The van der Waals surface area contributed by atoms with Crippen molar-refractivity contribution in [2.24, 2.45) is 0 Å². The third-order valence-electron chi connectivity index (χ3n) is 2.02. The summed E-state index contributed by atoms with van der Waals surface area (Å²) in [6, 6.07) is 6.47. The molecular formula is C12H18FNO. The fourth-order valence-corrected chi connectivity index (χ4v) is 1.28. The van der Waals surface area contributed by atoms with Crippen molar-refractivity contribution in [3.05, 3.63) is 30.1 Å². The Morgan fingerprint density at radius 2 is 2.13 bits per heavy atom. The SMILES string of the molecule is CCCNCC(C)Oc1ccccc1F. The van der Waals surface area contributed by atoms with Gasteiger partial charge in [-0.05, 0) is 32.0 Å². The minimum atomic E-state index is -0.306. The zero-order valence-corrected chi connectivity index (χ0v) is 9.29. The van der Waals surface area contributed by atoms with Crippen molar-refractivity contribution in [3.63, 3.8) is 0 Å². The lowest BCUT2D eigenvalue weighted by Gasteiger charge is -2.15. The highest BCUT2D eigenvalue weighted by atomic mass is 19.1. The molecule has 0 radical (unpaired) electrons. The maximum Gasteiger partial charge on any atom is 0.165 e. The largest absolute Gasteiger partial charge is 0.486 e. The molecule has 0 aliphatic heterocycles. The second-order valence-electron chi connectivity index (χ2n) is 3.56. The van der Waals surface area contributed by atoms with Gasteiger partial charge in [-0.1, -0.05) is 19.1 Å². The van der Waals surface area contributed by atoms with Crippen LogP contribution in [0.15, 0.2) is 24.3 Å². The molecule has 0 bridgehead atoms. The zero-order chi connectivity index (χ0) is 11.1. The summed E-state index contributed by atoms with van der Waals surface area (Å²) < 4.78 is 18.6. The van der Waals surface area contributed by atoms with E-state index in [2.05, 4.69) is 12.2 Å². The highest BCUT2D eigenvalue weighted by Gasteiger charge is 2.06. The molecule has 0 saturated heterocycles. The summed E-state index contributed by atoms with van der Waals surface area (Å²) in [5.74, 6) is 0.0168. The van der Waals surface area contributed by atoms with Crippen molar-refractivity contribution in [3.8, 4) is 5.75 Å². The molecule has 84 valence electrons. The van der Waals surface area contributed by atoms with Gasteiger partial charge >= 0.3 is 0 Å². The third kappa shape index (κ3) is 4.30. The second-order valence-corrected chi connectivity index (χ2v) is 3.56. The van der Waals surface area contributed by atoms with Gasteiger partial charge in [0.05, 0.1) is 0 Å². The standard InChI is InChI=1S/C12H18FNO/c1-3-8-14-9-10(2)15-12-7-5-4-6-11(12)13/h4-7,10,14H,3,8-9H2,1-2H3. The normalized spacial score (nSPS) is 12.5. The van der Waals surface area contributed by atoms with E-state index in [1.807, 2.05) is 6.92 Å². The third-order valence-corrected chi connectivity index (χ3v) is 2.02. The molecule has 1 atom stereocenters. The van der Waals surface area contributed by atoms with Crippen LogP contribution < -0.4 is 10.1 Å². The summed E-state index contributed by atoms with van der Waals surface area (Å²) >= 11 is 0. The molecule has 0 saturated carbocycles. The van der Waals surface area contributed by atoms with Crippen LogP contribution in [0.1, 0.15) is 20.3 Å². The molecule has 1 N–H and O–H groups in total. The number of para-hydroxylation sites is 1. The van der Waals surface area contributed by atoms with Gasteiger partial charge < -0.3 is 10.1 Å². The highest BCUT2D eigenvalue weighted by Crippen LogP contribution is 2.16. The average Bonchev–Trinajstić information content (AvgIpc) is 2.22. The fourth-order valence-electron chi connectivity index (χ4n) is 1.28. The fraction of sp³-hybridized carbons (Fsp3) is 0.500. The number of nitrogens with one attached hydrogen (secondary N) is 1. The summed E-state index contributed by atoms with van der Waals surface area (Å²) in [7, 11) is 0. The molecule has 3 heteroatoms. The van der Waals surface area contributed by atoms with Gasteiger partial charge in [-0.25, -0.2) is 4.39 Å². The first kappa shape index (κ1) is 12.0. The highest BCUT2D eigenvalue weighted by molar-refractivity contribution is 5.23. The number of rotatable bonds is 6. The van der Waals surface area contributed by atoms with E-state index >= 15 is 0 Å². The smallest absolute Gasteiger partial charge is 0.165 e. The lowest BCUT2D eigenvalue weighted by molar-refractivity contribution is 0.208. The molecule has 0 aliphatic rings. The summed E-state index contributed by atoms with van der Waals surface area (Å²) in [6.45, 7) is 5.73. The molecule has 0 amide bonds. The Balaban J connectivity index is 2.37. The predicted octanol–water partition coefficient (Wildman–Crippen LogP) is 2.59. The zero-order valence-electron chi connectivity index (χ0n) is 9.29. The summed E-state index contributed by atoms with van der Waals surface area (Å²) in [4.78, 5) is 0. The van der Waals surface area contributed by atoms with Gasteiger partial charge in [-0.2, -0.15) is 0 Å². The van der Waals surface area contributed by atoms with E-state index in [0.717, 1.165) is 19.5 Å². The Labute approximate surface area is 90.4 Å². The number of hydrogen-bond donors (Lipinski definition) is 1. The summed E-state index contributed by atoms with van der Waals surface area (Å²) in [5, 5.41) is 3.23. The average molecular weight is 211 g/mol.